The van der Waals surface area contributed by atoms with E-state index in [2.05, 4.69) is 26.1 Å². The maximum Gasteiger partial charge on any atom is 0.243 e. The summed E-state index contributed by atoms with van der Waals surface area (Å²) in [4.78, 5) is 14.7. The molecule has 1 saturated heterocycles. The Labute approximate surface area is 181 Å². The number of para-hydroxylation sites is 1. The van der Waals surface area contributed by atoms with Gasteiger partial charge in [0.25, 0.3) is 0 Å². The van der Waals surface area contributed by atoms with Gasteiger partial charge in [0.15, 0.2) is 0 Å². The van der Waals surface area contributed by atoms with Crippen molar-refractivity contribution in [2.24, 2.45) is 0 Å². The number of hydrogen-bond acceptors (Lipinski definition) is 4. The molecule has 1 fully saturated rings. The molecule has 156 valence electrons. The molecule has 1 amide bonds. The van der Waals surface area contributed by atoms with Crippen LogP contribution in [0, 0.1) is 13.8 Å². The van der Waals surface area contributed by atoms with Crippen molar-refractivity contribution in [1.82, 2.24) is 9.21 Å². The van der Waals surface area contributed by atoms with Crippen molar-refractivity contribution < 1.29 is 13.2 Å². The third kappa shape index (κ3) is 5.45. The number of amides is 1. The van der Waals surface area contributed by atoms with Gasteiger partial charge in [-0.05, 0) is 65.2 Å². The number of carbonyl (C=O) groups is 1. The number of benzene rings is 2. The second kappa shape index (κ2) is 9.38. The van der Waals surface area contributed by atoms with Crippen LogP contribution in [0.15, 0.2) is 51.8 Å². The zero-order valence-corrected chi connectivity index (χ0v) is 19.1. The number of hydrogen-bond donors (Lipinski definition) is 1. The number of halogens is 1. The minimum absolute atomic E-state index is 0.0536. The quantitative estimate of drug-likeness (QED) is 0.688. The first-order valence-electron chi connectivity index (χ1n) is 9.61. The topological polar surface area (TPSA) is 69.7 Å². The summed E-state index contributed by atoms with van der Waals surface area (Å²) < 4.78 is 28.2. The van der Waals surface area contributed by atoms with E-state index in [4.69, 9.17) is 0 Å². The van der Waals surface area contributed by atoms with E-state index in [0.29, 0.717) is 44.0 Å². The lowest BCUT2D eigenvalue weighted by Crippen LogP contribution is -2.49. The highest BCUT2D eigenvalue weighted by atomic mass is 79.9. The van der Waals surface area contributed by atoms with E-state index < -0.39 is 10.0 Å². The van der Waals surface area contributed by atoms with E-state index in [1.807, 2.05) is 44.2 Å². The van der Waals surface area contributed by atoms with E-state index in [9.17, 15) is 13.2 Å². The number of nitrogens with one attached hydrogen (secondary N) is 1. The number of nitrogens with zero attached hydrogens (tertiary/aromatic N) is 2. The number of sulfonamides is 1. The van der Waals surface area contributed by atoms with E-state index in [1.165, 1.54) is 4.31 Å². The summed E-state index contributed by atoms with van der Waals surface area (Å²) in [5, 5.41) is 2.90. The van der Waals surface area contributed by atoms with Crippen LogP contribution in [0.25, 0.3) is 0 Å². The third-order valence-corrected chi connectivity index (χ3v) is 7.84. The van der Waals surface area contributed by atoms with Gasteiger partial charge in [0.2, 0.25) is 15.9 Å². The molecule has 1 N–H and O–H groups in total. The molecule has 0 aromatic heterocycles. The Morgan fingerprint density at radius 1 is 1.03 bits per heavy atom. The summed E-state index contributed by atoms with van der Waals surface area (Å²) in [6.45, 7) is 6.59. The number of rotatable bonds is 6. The van der Waals surface area contributed by atoms with Crippen molar-refractivity contribution in [3.63, 3.8) is 0 Å². The summed E-state index contributed by atoms with van der Waals surface area (Å²) in [5.41, 5.74) is 2.80. The molecule has 29 heavy (non-hydrogen) atoms. The van der Waals surface area contributed by atoms with Crippen LogP contribution in [0.5, 0.6) is 0 Å². The first-order chi connectivity index (χ1) is 13.8. The maximum atomic E-state index is 12.9. The lowest BCUT2D eigenvalue weighted by molar-refractivity contribution is -0.116. The van der Waals surface area contributed by atoms with Crippen LogP contribution in [0.2, 0.25) is 0 Å². The molecule has 1 aliphatic heterocycles. The predicted octanol–water partition coefficient (Wildman–Crippen LogP) is 3.40. The lowest BCUT2D eigenvalue weighted by Gasteiger charge is -2.33. The van der Waals surface area contributed by atoms with Crippen LogP contribution in [-0.4, -0.2) is 56.3 Å². The minimum atomic E-state index is -3.48. The average molecular weight is 480 g/mol. The first-order valence-corrected chi connectivity index (χ1v) is 11.8. The largest absolute Gasteiger partial charge is 0.325 e. The van der Waals surface area contributed by atoms with Crippen molar-refractivity contribution >= 4 is 37.5 Å². The van der Waals surface area contributed by atoms with Gasteiger partial charge in [-0.3, -0.25) is 4.79 Å². The van der Waals surface area contributed by atoms with Crippen LogP contribution in [0.3, 0.4) is 0 Å². The summed E-state index contributed by atoms with van der Waals surface area (Å²) in [6, 6.07) is 12.8. The molecule has 0 saturated carbocycles. The van der Waals surface area contributed by atoms with Gasteiger partial charge in [-0.2, -0.15) is 4.31 Å². The van der Waals surface area contributed by atoms with E-state index in [0.717, 1.165) is 21.3 Å². The van der Waals surface area contributed by atoms with E-state index in [1.54, 1.807) is 12.1 Å². The Morgan fingerprint density at radius 2 is 1.72 bits per heavy atom. The molecule has 2 aromatic carbocycles. The van der Waals surface area contributed by atoms with Crippen LogP contribution >= 0.6 is 15.9 Å². The van der Waals surface area contributed by atoms with Crippen molar-refractivity contribution in [1.29, 1.82) is 0 Å². The van der Waals surface area contributed by atoms with E-state index >= 15 is 0 Å². The Hall–Kier alpha value is -1.74. The summed E-state index contributed by atoms with van der Waals surface area (Å²) in [7, 11) is -3.48. The van der Waals surface area contributed by atoms with Crippen molar-refractivity contribution in [2.75, 3.05) is 38.0 Å². The second-order valence-corrected chi connectivity index (χ2v) is 10.1. The minimum Gasteiger partial charge on any atom is -0.325 e. The summed E-state index contributed by atoms with van der Waals surface area (Å²) in [6.07, 6.45) is 0.366. The first kappa shape index (κ1) is 22.0. The number of aryl methyl sites for hydroxylation is 2. The number of anilines is 1. The maximum absolute atomic E-state index is 12.9. The van der Waals surface area contributed by atoms with Gasteiger partial charge in [0.05, 0.1) is 10.6 Å². The molecule has 1 aliphatic rings. The fourth-order valence-electron chi connectivity index (χ4n) is 3.25. The molecule has 0 bridgehead atoms. The summed E-state index contributed by atoms with van der Waals surface area (Å²) in [5.74, 6) is -0.0536. The van der Waals surface area contributed by atoms with Gasteiger partial charge in [0, 0.05) is 43.6 Å². The van der Waals surface area contributed by atoms with Gasteiger partial charge >= 0.3 is 0 Å². The number of carbonyl (C=O) groups excluding carboxylic acids is 1. The molecule has 0 unspecified atom stereocenters. The number of piperazine rings is 1. The molecule has 6 nitrogen and oxygen atoms in total. The predicted molar refractivity (Wildman–Crippen MR) is 119 cm³/mol. The Bertz CT molecular complexity index is 986. The Balaban J connectivity index is 1.50. The van der Waals surface area contributed by atoms with Crippen molar-refractivity contribution in [3.05, 3.63) is 58.1 Å². The molecular weight excluding hydrogens is 454 g/mol. The molecule has 3 rings (SSSR count). The molecule has 0 aliphatic carbocycles. The zero-order chi connectivity index (χ0) is 21.0. The average Bonchev–Trinajstić information content (AvgIpc) is 2.70. The molecule has 1 heterocycles. The Morgan fingerprint density at radius 3 is 2.38 bits per heavy atom. The van der Waals surface area contributed by atoms with Crippen LogP contribution in [-0.2, 0) is 14.8 Å². The molecule has 2 aromatic rings. The van der Waals surface area contributed by atoms with Gasteiger partial charge in [-0.25, -0.2) is 8.42 Å². The van der Waals surface area contributed by atoms with Gasteiger partial charge in [0.1, 0.15) is 0 Å². The SMILES string of the molecule is Cc1ccc(S(=O)(=O)N2CCN(CCC(=O)Nc3ccccc3Br)CC2)cc1C. The Kier molecular flexibility index (Phi) is 7.10. The lowest BCUT2D eigenvalue weighted by atomic mass is 10.1. The van der Waals surface area contributed by atoms with Gasteiger partial charge in [-0.15, -0.1) is 0 Å². The van der Waals surface area contributed by atoms with Crippen LogP contribution in [0.4, 0.5) is 5.69 Å². The van der Waals surface area contributed by atoms with Gasteiger partial charge < -0.3 is 10.2 Å². The molecule has 0 spiro atoms. The van der Waals surface area contributed by atoms with Crippen molar-refractivity contribution in [3.8, 4) is 0 Å². The highest BCUT2D eigenvalue weighted by molar-refractivity contribution is 9.10. The molecular formula is C21H26BrN3O3S. The highest BCUT2D eigenvalue weighted by Crippen LogP contribution is 2.22. The monoisotopic (exact) mass is 479 g/mol. The summed E-state index contributed by atoms with van der Waals surface area (Å²) >= 11 is 3.42. The zero-order valence-electron chi connectivity index (χ0n) is 16.7. The third-order valence-electron chi connectivity index (χ3n) is 5.25. The fourth-order valence-corrected chi connectivity index (χ4v) is 5.14. The fraction of sp³-hybridized carbons (Fsp3) is 0.381. The van der Waals surface area contributed by atoms with Crippen LogP contribution in [0.1, 0.15) is 17.5 Å². The normalized spacial score (nSPS) is 16.0. The second-order valence-electron chi connectivity index (χ2n) is 7.27. The van der Waals surface area contributed by atoms with Gasteiger partial charge in [-0.1, -0.05) is 18.2 Å². The smallest absolute Gasteiger partial charge is 0.243 e. The van der Waals surface area contributed by atoms with Crippen LogP contribution < -0.4 is 5.32 Å². The molecule has 0 atom stereocenters. The molecule has 0 radical (unpaired) electrons. The van der Waals surface area contributed by atoms with Crippen molar-refractivity contribution in [2.45, 2.75) is 25.2 Å². The highest BCUT2D eigenvalue weighted by Gasteiger charge is 2.28. The standard InChI is InChI=1S/C21H26BrN3O3S/c1-16-7-8-18(15-17(16)2)29(27,28)25-13-11-24(12-14-25)10-9-21(26)23-20-6-4-3-5-19(20)22/h3-8,15H,9-14H2,1-2H3,(H,23,26). The molecule has 8 heteroatoms. The van der Waals surface area contributed by atoms with E-state index in [-0.39, 0.29) is 5.91 Å².